The van der Waals surface area contributed by atoms with Crippen LogP contribution in [0.1, 0.15) is 11.1 Å². The fourth-order valence-electron chi connectivity index (χ4n) is 2.05. The molecule has 0 spiro atoms. The van der Waals surface area contributed by atoms with Gasteiger partial charge in [-0.2, -0.15) is 0 Å². The largest absolute Gasteiger partial charge is 0.504 e. The van der Waals surface area contributed by atoms with Crippen LogP contribution in [0.15, 0.2) is 48.5 Å². The van der Waals surface area contributed by atoms with Gasteiger partial charge < -0.3 is 20.3 Å². The Labute approximate surface area is 133 Å². The number of amides is 1. The van der Waals surface area contributed by atoms with Gasteiger partial charge in [0.05, 0.1) is 0 Å². The number of carbonyl (C=O) groups excluding carboxylic acids is 2. The summed E-state index contributed by atoms with van der Waals surface area (Å²) in [6.07, 6.45) is 0.564. The van der Waals surface area contributed by atoms with Gasteiger partial charge >= 0.3 is 5.97 Å². The average molecular weight is 315 g/mol. The molecule has 2 aromatic carbocycles. The molecule has 6 nitrogen and oxygen atoms in total. The fraction of sp³-hybridized carbons (Fsp3) is 0.176. The lowest BCUT2D eigenvalue weighted by Gasteiger charge is -2.15. The molecule has 120 valence electrons. The van der Waals surface area contributed by atoms with Crippen LogP contribution in [0.3, 0.4) is 0 Å². The SMILES string of the molecule is O=CN[C@@H](Cc1ccc(O)c(O)c1)C(=O)OCc1ccccc1. The van der Waals surface area contributed by atoms with E-state index in [1.807, 2.05) is 30.3 Å². The highest BCUT2D eigenvalue weighted by Gasteiger charge is 2.20. The monoisotopic (exact) mass is 315 g/mol. The van der Waals surface area contributed by atoms with Gasteiger partial charge in [-0.05, 0) is 23.3 Å². The molecule has 23 heavy (non-hydrogen) atoms. The zero-order valence-electron chi connectivity index (χ0n) is 12.3. The van der Waals surface area contributed by atoms with Crippen molar-refractivity contribution in [2.75, 3.05) is 0 Å². The van der Waals surface area contributed by atoms with Crippen molar-refractivity contribution in [1.29, 1.82) is 0 Å². The molecular weight excluding hydrogens is 298 g/mol. The quantitative estimate of drug-likeness (QED) is 0.409. The number of ether oxygens (including phenoxy) is 1. The molecule has 0 fully saturated rings. The van der Waals surface area contributed by atoms with E-state index in [0.717, 1.165) is 5.56 Å². The summed E-state index contributed by atoms with van der Waals surface area (Å²) in [5.74, 6) is -1.11. The Bertz CT molecular complexity index is 672. The Morgan fingerprint density at radius 3 is 2.48 bits per heavy atom. The fourth-order valence-corrected chi connectivity index (χ4v) is 2.05. The van der Waals surface area contributed by atoms with Crippen LogP contribution in [0.2, 0.25) is 0 Å². The molecule has 3 N–H and O–H groups in total. The number of benzene rings is 2. The van der Waals surface area contributed by atoms with Crippen LogP contribution in [-0.2, 0) is 27.4 Å². The van der Waals surface area contributed by atoms with E-state index in [9.17, 15) is 19.8 Å². The third-order valence-corrected chi connectivity index (χ3v) is 3.26. The van der Waals surface area contributed by atoms with Crippen molar-refractivity contribution in [1.82, 2.24) is 5.32 Å². The number of esters is 1. The first-order valence-electron chi connectivity index (χ1n) is 7.01. The normalized spacial score (nSPS) is 11.5. The second kappa shape index (κ2) is 7.84. The van der Waals surface area contributed by atoms with Gasteiger partial charge in [0.15, 0.2) is 11.5 Å². The molecule has 1 amide bonds. The van der Waals surface area contributed by atoms with E-state index in [0.29, 0.717) is 12.0 Å². The Hall–Kier alpha value is -3.02. The molecule has 2 rings (SSSR count). The second-order valence-corrected chi connectivity index (χ2v) is 4.96. The van der Waals surface area contributed by atoms with E-state index in [-0.39, 0.29) is 24.5 Å². The minimum atomic E-state index is -0.875. The first kappa shape index (κ1) is 16.4. The molecule has 1 atom stereocenters. The van der Waals surface area contributed by atoms with Gasteiger partial charge in [0.1, 0.15) is 12.6 Å². The Kier molecular flexibility index (Phi) is 5.57. The maximum atomic E-state index is 12.1. The van der Waals surface area contributed by atoms with Crippen LogP contribution < -0.4 is 5.32 Å². The van der Waals surface area contributed by atoms with Crippen molar-refractivity contribution in [3.05, 3.63) is 59.7 Å². The van der Waals surface area contributed by atoms with E-state index in [2.05, 4.69) is 5.32 Å². The molecule has 0 unspecified atom stereocenters. The summed E-state index contributed by atoms with van der Waals surface area (Å²) >= 11 is 0. The van der Waals surface area contributed by atoms with Crippen molar-refractivity contribution >= 4 is 12.4 Å². The maximum absolute atomic E-state index is 12.1. The van der Waals surface area contributed by atoms with Crippen molar-refractivity contribution < 1.29 is 24.5 Å². The smallest absolute Gasteiger partial charge is 0.329 e. The van der Waals surface area contributed by atoms with Gasteiger partial charge in [-0.25, -0.2) is 4.79 Å². The van der Waals surface area contributed by atoms with Gasteiger partial charge in [-0.15, -0.1) is 0 Å². The van der Waals surface area contributed by atoms with Crippen LogP contribution in [0.5, 0.6) is 11.5 Å². The van der Waals surface area contributed by atoms with E-state index < -0.39 is 12.0 Å². The summed E-state index contributed by atoms with van der Waals surface area (Å²) < 4.78 is 5.20. The summed E-state index contributed by atoms with van der Waals surface area (Å²) in [6.45, 7) is 0.109. The second-order valence-electron chi connectivity index (χ2n) is 4.96. The molecular formula is C17H17NO5. The number of carbonyl (C=O) groups is 2. The van der Waals surface area contributed by atoms with Gasteiger partial charge in [0.2, 0.25) is 6.41 Å². The lowest BCUT2D eigenvalue weighted by atomic mass is 10.1. The number of hydrogen-bond acceptors (Lipinski definition) is 5. The van der Waals surface area contributed by atoms with E-state index in [4.69, 9.17) is 4.74 Å². The summed E-state index contributed by atoms with van der Waals surface area (Å²) in [4.78, 5) is 22.8. The van der Waals surface area contributed by atoms with Crippen LogP contribution in [0.4, 0.5) is 0 Å². The number of hydrogen-bond donors (Lipinski definition) is 3. The van der Waals surface area contributed by atoms with Crippen molar-refractivity contribution in [3.8, 4) is 11.5 Å². The van der Waals surface area contributed by atoms with Gasteiger partial charge in [0.25, 0.3) is 0 Å². The maximum Gasteiger partial charge on any atom is 0.329 e. The summed E-state index contributed by atoms with van der Waals surface area (Å²) in [6, 6.07) is 12.5. The molecule has 0 aromatic heterocycles. The van der Waals surface area contributed by atoms with Crippen molar-refractivity contribution in [2.24, 2.45) is 0 Å². The summed E-state index contributed by atoms with van der Waals surface area (Å²) in [5, 5.41) is 21.2. The van der Waals surface area contributed by atoms with Crippen molar-refractivity contribution in [2.45, 2.75) is 19.1 Å². The van der Waals surface area contributed by atoms with E-state index >= 15 is 0 Å². The van der Waals surface area contributed by atoms with Crippen molar-refractivity contribution in [3.63, 3.8) is 0 Å². The lowest BCUT2D eigenvalue weighted by molar-refractivity contribution is -0.148. The number of phenolic OH excluding ortho intramolecular Hbond substituents is 2. The predicted octanol–water partition coefficient (Wildman–Crippen LogP) is 1.50. The molecule has 0 aliphatic heterocycles. The zero-order valence-corrected chi connectivity index (χ0v) is 12.3. The lowest BCUT2D eigenvalue weighted by Crippen LogP contribution is -2.39. The number of phenols is 2. The van der Waals surface area contributed by atoms with E-state index in [1.54, 1.807) is 6.07 Å². The first-order chi connectivity index (χ1) is 11.1. The number of nitrogens with one attached hydrogen (secondary N) is 1. The van der Waals surface area contributed by atoms with Gasteiger partial charge in [-0.1, -0.05) is 36.4 Å². The minimum Gasteiger partial charge on any atom is -0.504 e. The Morgan fingerprint density at radius 1 is 1.09 bits per heavy atom. The minimum absolute atomic E-state index is 0.109. The van der Waals surface area contributed by atoms with E-state index in [1.165, 1.54) is 12.1 Å². The highest BCUT2D eigenvalue weighted by Crippen LogP contribution is 2.25. The van der Waals surface area contributed by atoms with Crippen LogP contribution >= 0.6 is 0 Å². The molecule has 0 aliphatic rings. The molecule has 0 heterocycles. The Morgan fingerprint density at radius 2 is 1.83 bits per heavy atom. The molecule has 0 bridgehead atoms. The molecule has 2 aromatic rings. The van der Waals surface area contributed by atoms with Gasteiger partial charge in [-0.3, -0.25) is 4.79 Å². The van der Waals surface area contributed by atoms with Crippen LogP contribution in [-0.4, -0.2) is 28.6 Å². The Balaban J connectivity index is 2.00. The summed E-state index contributed by atoms with van der Waals surface area (Å²) in [7, 11) is 0. The highest BCUT2D eigenvalue weighted by atomic mass is 16.5. The average Bonchev–Trinajstić information content (AvgIpc) is 2.56. The molecule has 0 saturated carbocycles. The number of aromatic hydroxyl groups is 2. The highest BCUT2D eigenvalue weighted by molar-refractivity contribution is 5.78. The van der Waals surface area contributed by atoms with Crippen LogP contribution in [0.25, 0.3) is 0 Å². The topological polar surface area (TPSA) is 95.9 Å². The molecule has 0 saturated heterocycles. The zero-order chi connectivity index (χ0) is 16.7. The third kappa shape index (κ3) is 4.74. The van der Waals surface area contributed by atoms with Crippen LogP contribution in [0, 0.1) is 0 Å². The third-order valence-electron chi connectivity index (χ3n) is 3.26. The standard InChI is InChI=1S/C17H17NO5/c19-11-18-14(8-13-6-7-15(20)16(21)9-13)17(22)23-10-12-4-2-1-3-5-12/h1-7,9,11,14,20-21H,8,10H2,(H,18,19)/t14-/m0/s1. The molecule has 0 aliphatic carbocycles. The molecule has 6 heteroatoms. The summed E-state index contributed by atoms with van der Waals surface area (Å²) in [5.41, 5.74) is 1.42. The molecule has 0 radical (unpaired) electrons. The first-order valence-corrected chi connectivity index (χ1v) is 7.01. The predicted molar refractivity (Wildman–Crippen MR) is 82.7 cm³/mol. The number of rotatable bonds is 7. The van der Waals surface area contributed by atoms with Gasteiger partial charge in [0, 0.05) is 6.42 Å².